The van der Waals surface area contributed by atoms with Crippen LogP contribution in [-0.4, -0.2) is 18.1 Å². The van der Waals surface area contributed by atoms with Crippen molar-refractivity contribution < 1.29 is 14.6 Å². The normalized spacial score (nSPS) is 12.1. The molecule has 0 saturated heterocycles. The van der Waals surface area contributed by atoms with Gasteiger partial charge in [-0.3, -0.25) is 4.79 Å². The molecule has 0 spiro atoms. The molecule has 1 unspecified atom stereocenters. The predicted octanol–water partition coefficient (Wildman–Crippen LogP) is 0.604. The van der Waals surface area contributed by atoms with Crippen molar-refractivity contribution in [3.05, 3.63) is 29.8 Å². The summed E-state index contributed by atoms with van der Waals surface area (Å²) in [6.45, 7) is 0. The number of rotatable bonds is 4. The number of para-hydroxylation sites is 1. The number of amides is 1. The number of carbonyl (C=O) groups is 1. The second-order valence-corrected chi connectivity index (χ2v) is 2.93. The van der Waals surface area contributed by atoms with Crippen LogP contribution in [0.2, 0.25) is 0 Å². The Morgan fingerprint density at radius 3 is 2.79 bits per heavy atom. The third-order valence-corrected chi connectivity index (χ3v) is 1.89. The largest absolute Gasteiger partial charge is 0.496 e. The number of aliphatic hydroxyl groups excluding tert-OH is 1. The zero-order valence-electron chi connectivity index (χ0n) is 7.93. The highest BCUT2D eigenvalue weighted by Gasteiger charge is 2.14. The summed E-state index contributed by atoms with van der Waals surface area (Å²) in [6, 6.07) is 6.98. The van der Waals surface area contributed by atoms with Gasteiger partial charge in [0, 0.05) is 5.56 Å². The van der Waals surface area contributed by atoms with E-state index in [0.29, 0.717) is 11.3 Å². The van der Waals surface area contributed by atoms with Gasteiger partial charge in [0.1, 0.15) is 5.75 Å². The van der Waals surface area contributed by atoms with Gasteiger partial charge in [-0.05, 0) is 6.07 Å². The zero-order chi connectivity index (χ0) is 10.6. The first-order valence-electron chi connectivity index (χ1n) is 4.24. The van der Waals surface area contributed by atoms with Crippen molar-refractivity contribution in [2.45, 2.75) is 12.5 Å². The van der Waals surface area contributed by atoms with Crippen molar-refractivity contribution in [3.63, 3.8) is 0 Å². The molecule has 76 valence electrons. The summed E-state index contributed by atoms with van der Waals surface area (Å²) < 4.78 is 5.04. The monoisotopic (exact) mass is 195 g/mol. The first-order chi connectivity index (χ1) is 6.65. The summed E-state index contributed by atoms with van der Waals surface area (Å²) in [5.41, 5.74) is 5.56. The van der Waals surface area contributed by atoms with Gasteiger partial charge in [0.05, 0.1) is 19.6 Å². The van der Waals surface area contributed by atoms with Crippen LogP contribution in [0.4, 0.5) is 0 Å². The summed E-state index contributed by atoms with van der Waals surface area (Å²) in [6.07, 6.45) is -0.996. The van der Waals surface area contributed by atoms with Crippen LogP contribution in [0.3, 0.4) is 0 Å². The fraction of sp³-hybridized carbons (Fsp3) is 0.300. The summed E-state index contributed by atoms with van der Waals surface area (Å²) in [5, 5.41) is 9.62. The third kappa shape index (κ3) is 2.47. The van der Waals surface area contributed by atoms with E-state index in [9.17, 15) is 9.90 Å². The molecular weight excluding hydrogens is 182 g/mol. The highest BCUT2D eigenvalue weighted by Crippen LogP contribution is 2.26. The van der Waals surface area contributed by atoms with Crippen LogP contribution in [0.1, 0.15) is 18.1 Å². The summed E-state index contributed by atoms with van der Waals surface area (Å²) in [5.74, 6) is 0.0182. The molecule has 0 heterocycles. The summed E-state index contributed by atoms with van der Waals surface area (Å²) in [7, 11) is 1.51. The first kappa shape index (κ1) is 10.5. The van der Waals surface area contributed by atoms with Gasteiger partial charge in [0.2, 0.25) is 5.91 Å². The van der Waals surface area contributed by atoms with Crippen LogP contribution in [-0.2, 0) is 4.79 Å². The molecule has 4 nitrogen and oxygen atoms in total. The van der Waals surface area contributed by atoms with Crippen LogP contribution >= 0.6 is 0 Å². The lowest BCUT2D eigenvalue weighted by atomic mass is 10.1. The van der Waals surface area contributed by atoms with Gasteiger partial charge in [-0.15, -0.1) is 0 Å². The van der Waals surface area contributed by atoms with Crippen molar-refractivity contribution in [1.29, 1.82) is 0 Å². The maximum Gasteiger partial charge on any atom is 0.220 e. The van der Waals surface area contributed by atoms with Gasteiger partial charge < -0.3 is 15.6 Å². The quantitative estimate of drug-likeness (QED) is 0.739. The van der Waals surface area contributed by atoms with Crippen LogP contribution in [0, 0.1) is 0 Å². The molecule has 0 aliphatic rings. The average Bonchev–Trinajstić information content (AvgIpc) is 2.16. The Kier molecular flexibility index (Phi) is 3.48. The molecular formula is C10H13NO3. The molecule has 4 heteroatoms. The van der Waals surface area contributed by atoms with E-state index in [1.165, 1.54) is 7.11 Å². The van der Waals surface area contributed by atoms with E-state index < -0.39 is 12.0 Å². The molecule has 0 aromatic heterocycles. The first-order valence-corrected chi connectivity index (χ1v) is 4.24. The van der Waals surface area contributed by atoms with E-state index in [-0.39, 0.29) is 6.42 Å². The Morgan fingerprint density at radius 1 is 1.57 bits per heavy atom. The van der Waals surface area contributed by atoms with Crippen LogP contribution in [0.15, 0.2) is 24.3 Å². The van der Waals surface area contributed by atoms with E-state index >= 15 is 0 Å². The Morgan fingerprint density at radius 2 is 2.21 bits per heavy atom. The van der Waals surface area contributed by atoms with E-state index in [1.54, 1.807) is 24.3 Å². The highest BCUT2D eigenvalue weighted by atomic mass is 16.5. The number of ether oxygens (including phenoxy) is 1. The van der Waals surface area contributed by atoms with E-state index in [4.69, 9.17) is 10.5 Å². The number of carbonyl (C=O) groups excluding carboxylic acids is 1. The molecule has 1 atom stereocenters. The average molecular weight is 195 g/mol. The Bertz CT molecular complexity index is 325. The highest BCUT2D eigenvalue weighted by molar-refractivity contribution is 5.74. The summed E-state index contributed by atoms with van der Waals surface area (Å²) >= 11 is 0. The number of benzene rings is 1. The van der Waals surface area contributed by atoms with Crippen molar-refractivity contribution in [2.24, 2.45) is 5.73 Å². The smallest absolute Gasteiger partial charge is 0.220 e. The third-order valence-electron chi connectivity index (χ3n) is 1.89. The van der Waals surface area contributed by atoms with Gasteiger partial charge in [-0.1, -0.05) is 18.2 Å². The Balaban J connectivity index is 2.87. The Hall–Kier alpha value is -1.55. The van der Waals surface area contributed by atoms with Crippen LogP contribution in [0.5, 0.6) is 5.75 Å². The number of methoxy groups -OCH3 is 1. The van der Waals surface area contributed by atoms with Gasteiger partial charge in [0.25, 0.3) is 0 Å². The number of aliphatic hydroxyl groups is 1. The van der Waals surface area contributed by atoms with Crippen LogP contribution in [0.25, 0.3) is 0 Å². The molecule has 1 aromatic rings. The molecule has 1 aromatic carbocycles. The lowest BCUT2D eigenvalue weighted by molar-refractivity contribution is -0.119. The van der Waals surface area contributed by atoms with Crippen molar-refractivity contribution >= 4 is 5.91 Å². The maximum absolute atomic E-state index is 10.6. The molecule has 0 radical (unpaired) electrons. The summed E-state index contributed by atoms with van der Waals surface area (Å²) in [4.78, 5) is 10.6. The van der Waals surface area contributed by atoms with E-state index in [2.05, 4.69) is 0 Å². The molecule has 1 rings (SSSR count). The molecule has 0 aliphatic heterocycles. The minimum absolute atomic E-state index is 0.0969. The number of primary amides is 1. The number of hydrogen-bond acceptors (Lipinski definition) is 3. The predicted molar refractivity (Wildman–Crippen MR) is 51.8 cm³/mol. The Labute approximate surface area is 82.3 Å². The van der Waals surface area contributed by atoms with Crippen molar-refractivity contribution in [2.75, 3.05) is 7.11 Å². The molecule has 1 amide bonds. The fourth-order valence-electron chi connectivity index (χ4n) is 1.24. The number of nitrogens with two attached hydrogens (primary N) is 1. The standard InChI is InChI=1S/C10H13NO3/c1-14-9-5-3-2-4-7(9)8(12)6-10(11)13/h2-5,8,12H,6H2,1H3,(H2,11,13). The SMILES string of the molecule is COc1ccccc1C(O)CC(N)=O. The zero-order valence-corrected chi connectivity index (χ0v) is 7.93. The molecule has 14 heavy (non-hydrogen) atoms. The van der Waals surface area contributed by atoms with Crippen molar-refractivity contribution in [3.8, 4) is 5.75 Å². The molecule has 0 aliphatic carbocycles. The van der Waals surface area contributed by atoms with Gasteiger partial charge in [0.15, 0.2) is 0 Å². The second kappa shape index (κ2) is 4.62. The topological polar surface area (TPSA) is 72.6 Å². The minimum Gasteiger partial charge on any atom is -0.496 e. The maximum atomic E-state index is 10.6. The molecule has 0 bridgehead atoms. The van der Waals surface area contributed by atoms with Gasteiger partial charge in [-0.2, -0.15) is 0 Å². The van der Waals surface area contributed by atoms with Gasteiger partial charge in [-0.25, -0.2) is 0 Å². The minimum atomic E-state index is -0.899. The van der Waals surface area contributed by atoms with Crippen molar-refractivity contribution in [1.82, 2.24) is 0 Å². The van der Waals surface area contributed by atoms with E-state index in [1.807, 2.05) is 0 Å². The lowest BCUT2D eigenvalue weighted by Gasteiger charge is -2.12. The van der Waals surface area contributed by atoms with E-state index in [0.717, 1.165) is 0 Å². The van der Waals surface area contributed by atoms with Crippen LogP contribution < -0.4 is 10.5 Å². The lowest BCUT2D eigenvalue weighted by Crippen LogP contribution is -2.15. The second-order valence-electron chi connectivity index (χ2n) is 2.93. The molecule has 0 fully saturated rings. The fourth-order valence-corrected chi connectivity index (χ4v) is 1.24. The van der Waals surface area contributed by atoms with Gasteiger partial charge >= 0.3 is 0 Å². The number of hydrogen-bond donors (Lipinski definition) is 2. The molecule has 0 saturated carbocycles. The molecule has 3 N–H and O–H groups in total.